The van der Waals surface area contributed by atoms with E-state index < -0.39 is 0 Å². The van der Waals surface area contributed by atoms with Crippen molar-refractivity contribution in [3.05, 3.63) is 18.0 Å². The van der Waals surface area contributed by atoms with Gasteiger partial charge in [-0.2, -0.15) is 5.10 Å². The van der Waals surface area contributed by atoms with Crippen molar-refractivity contribution < 1.29 is 9.59 Å². The number of piperazine rings is 1. The smallest absolute Gasteiger partial charge is 0.245 e. The number of hydrogen-bond donors (Lipinski definition) is 1. The first kappa shape index (κ1) is 15.5. The molecular weight excluding hydrogens is 268 g/mol. The fraction of sp³-hybridized carbons (Fsp3) is 0.667. The molecule has 0 aliphatic carbocycles. The molecule has 0 saturated carbocycles. The summed E-state index contributed by atoms with van der Waals surface area (Å²) in [5.41, 5.74) is 1.07. The van der Waals surface area contributed by atoms with Crippen molar-refractivity contribution in [2.45, 2.75) is 51.6 Å². The molecule has 1 aromatic rings. The van der Waals surface area contributed by atoms with Gasteiger partial charge < -0.3 is 10.2 Å². The maximum absolute atomic E-state index is 12.5. The van der Waals surface area contributed by atoms with E-state index in [1.54, 1.807) is 15.8 Å². The highest BCUT2D eigenvalue weighted by Gasteiger charge is 2.38. The maximum Gasteiger partial charge on any atom is 0.245 e. The van der Waals surface area contributed by atoms with Crippen LogP contribution in [0.15, 0.2) is 12.3 Å². The summed E-state index contributed by atoms with van der Waals surface area (Å²) in [5.74, 6) is 0.0195. The molecular formula is C15H24N4O2. The lowest BCUT2D eigenvalue weighted by molar-refractivity contribution is -0.149. The van der Waals surface area contributed by atoms with Crippen molar-refractivity contribution in [1.82, 2.24) is 20.0 Å². The fourth-order valence-electron chi connectivity index (χ4n) is 2.81. The Labute approximate surface area is 125 Å². The molecule has 6 heteroatoms. The molecule has 2 unspecified atom stereocenters. The molecule has 1 N–H and O–H groups in total. The van der Waals surface area contributed by atoms with Gasteiger partial charge in [-0.3, -0.25) is 14.3 Å². The minimum Gasteiger partial charge on any atom is -0.343 e. The number of rotatable bonds is 6. The Morgan fingerprint density at radius 1 is 1.33 bits per heavy atom. The molecule has 2 atom stereocenters. The van der Waals surface area contributed by atoms with Crippen LogP contribution in [-0.2, 0) is 23.1 Å². The summed E-state index contributed by atoms with van der Waals surface area (Å²) in [5, 5.41) is 6.97. The van der Waals surface area contributed by atoms with E-state index >= 15 is 0 Å². The summed E-state index contributed by atoms with van der Waals surface area (Å²) in [4.78, 5) is 26.5. The number of carbonyl (C=O) groups excluding carboxylic acids is 2. The van der Waals surface area contributed by atoms with Crippen LogP contribution in [0, 0.1) is 0 Å². The Morgan fingerprint density at radius 3 is 2.67 bits per heavy atom. The van der Waals surface area contributed by atoms with Gasteiger partial charge in [0.1, 0.15) is 12.1 Å². The summed E-state index contributed by atoms with van der Waals surface area (Å²) in [6.45, 7) is 4.51. The molecule has 1 saturated heterocycles. The lowest BCUT2D eigenvalue weighted by atomic mass is 10.0. The normalized spacial score (nSPS) is 22.5. The van der Waals surface area contributed by atoms with Crippen LogP contribution in [-0.4, -0.2) is 45.1 Å². The lowest BCUT2D eigenvalue weighted by Crippen LogP contribution is -2.63. The van der Waals surface area contributed by atoms with Crippen molar-refractivity contribution in [2.75, 3.05) is 6.54 Å². The van der Waals surface area contributed by atoms with Gasteiger partial charge in [0, 0.05) is 31.9 Å². The van der Waals surface area contributed by atoms with Gasteiger partial charge in [-0.1, -0.05) is 20.3 Å². The second kappa shape index (κ2) is 6.74. The van der Waals surface area contributed by atoms with Crippen molar-refractivity contribution in [3.8, 4) is 0 Å². The first-order valence-corrected chi connectivity index (χ1v) is 7.66. The molecule has 0 bridgehead atoms. The molecule has 2 rings (SSSR count). The van der Waals surface area contributed by atoms with E-state index in [9.17, 15) is 9.59 Å². The van der Waals surface area contributed by atoms with Crippen LogP contribution in [0.25, 0.3) is 0 Å². The van der Waals surface area contributed by atoms with Gasteiger partial charge >= 0.3 is 0 Å². The molecule has 1 aliphatic rings. The molecule has 1 aromatic heterocycles. The minimum atomic E-state index is -0.378. The zero-order valence-electron chi connectivity index (χ0n) is 13.0. The molecule has 0 aromatic carbocycles. The SMILES string of the molecule is CCCC1C(=O)NC(CC)C(=O)N1CCc1ccnn1C. The molecule has 1 aliphatic heterocycles. The molecule has 2 heterocycles. The fourth-order valence-corrected chi connectivity index (χ4v) is 2.81. The van der Waals surface area contributed by atoms with Crippen LogP contribution in [0.1, 0.15) is 38.8 Å². The largest absolute Gasteiger partial charge is 0.343 e. The monoisotopic (exact) mass is 292 g/mol. The van der Waals surface area contributed by atoms with Crippen LogP contribution in [0.2, 0.25) is 0 Å². The Balaban J connectivity index is 2.12. The number of amides is 2. The summed E-state index contributed by atoms with van der Waals surface area (Å²) in [6.07, 6.45) is 4.68. The zero-order valence-corrected chi connectivity index (χ0v) is 13.0. The first-order valence-electron chi connectivity index (χ1n) is 7.66. The average molecular weight is 292 g/mol. The van der Waals surface area contributed by atoms with Gasteiger partial charge in [0.15, 0.2) is 0 Å². The second-order valence-corrected chi connectivity index (χ2v) is 5.50. The third-order valence-corrected chi connectivity index (χ3v) is 4.08. The average Bonchev–Trinajstić information content (AvgIpc) is 2.87. The van der Waals surface area contributed by atoms with Crippen molar-refractivity contribution in [2.24, 2.45) is 7.05 Å². The van der Waals surface area contributed by atoms with Crippen LogP contribution >= 0.6 is 0 Å². The topological polar surface area (TPSA) is 67.2 Å². The molecule has 0 spiro atoms. The predicted octanol–water partition coefficient (Wildman–Crippen LogP) is 0.868. The van der Waals surface area contributed by atoms with Gasteiger partial charge in [0.25, 0.3) is 0 Å². The third-order valence-electron chi connectivity index (χ3n) is 4.08. The summed E-state index contributed by atoms with van der Waals surface area (Å²) >= 11 is 0. The summed E-state index contributed by atoms with van der Waals surface area (Å²) in [7, 11) is 1.89. The molecule has 2 amide bonds. The van der Waals surface area contributed by atoms with E-state index in [1.807, 2.05) is 27.0 Å². The number of hydrogen-bond acceptors (Lipinski definition) is 3. The number of aryl methyl sites for hydroxylation is 1. The zero-order chi connectivity index (χ0) is 15.4. The Hall–Kier alpha value is -1.85. The van der Waals surface area contributed by atoms with Gasteiger partial charge in [-0.25, -0.2) is 0 Å². The van der Waals surface area contributed by atoms with Gasteiger partial charge in [0.05, 0.1) is 0 Å². The number of nitrogens with zero attached hydrogens (tertiary/aromatic N) is 3. The Kier molecular flexibility index (Phi) is 4.98. The van der Waals surface area contributed by atoms with Gasteiger partial charge in [-0.15, -0.1) is 0 Å². The third kappa shape index (κ3) is 3.25. The number of nitrogens with one attached hydrogen (secondary N) is 1. The highest BCUT2D eigenvalue weighted by Crippen LogP contribution is 2.17. The van der Waals surface area contributed by atoms with E-state index in [4.69, 9.17) is 0 Å². The molecule has 6 nitrogen and oxygen atoms in total. The van der Waals surface area contributed by atoms with Crippen LogP contribution in [0.3, 0.4) is 0 Å². The highest BCUT2D eigenvalue weighted by molar-refractivity contribution is 5.96. The van der Waals surface area contributed by atoms with E-state index in [1.165, 1.54) is 0 Å². The Morgan fingerprint density at radius 2 is 2.10 bits per heavy atom. The van der Waals surface area contributed by atoms with Crippen LogP contribution in [0.5, 0.6) is 0 Å². The van der Waals surface area contributed by atoms with E-state index in [-0.39, 0.29) is 23.9 Å². The quantitative estimate of drug-likeness (QED) is 0.846. The maximum atomic E-state index is 12.5. The summed E-state index contributed by atoms with van der Waals surface area (Å²) in [6, 6.07) is 1.23. The van der Waals surface area contributed by atoms with Crippen molar-refractivity contribution in [3.63, 3.8) is 0 Å². The van der Waals surface area contributed by atoms with Crippen LogP contribution in [0.4, 0.5) is 0 Å². The second-order valence-electron chi connectivity index (χ2n) is 5.50. The van der Waals surface area contributed by atoms with Crippen molar-refractivity contribution >= 4 is 11.8 Å². The van der Waals surface area contributed by atoms with Gasteiger partial charge in [-0.05, 0) is 18.9 Å². The van der Waals surface area contributed by atoms with E-state index in [2.05, 4.69) is 10.4 Å². The van der Waals surface area contributed by atoms with Gasteiger partial charge in [0.2, 0.25) is 11.8 Å². The van der Waals surface area contributed by atoms with Crippen molar-refractivity contribution in [1.29, 1.82) is 0 Å². The Bertz CT molecular complexity index is 512. The molecule has 0 radical (unpaired) electrons. The molecule has 21 heavy (non-hydrogen) atoms. The molecule has 116 valence electrons. The minimum absolute atomic E-state index is 0.0201. The van der Waals surface area contributed by atoms with E-state index in [0.29, 0.717) is 25.8 Å². The number of carbonyl (C=O) groups is 2. The molecule has 1 fully saturated rings. The standard InChI is InChI=1S/C15H24N4O2/c1-4-6-13-14(20)17-12(5-2)15(21)19(13)10-8-11-7-9-16-18(11)3/h7,9,12-13H,4-6,8,10H2,1-3H3,(H,17,20). The van der Waals surface area contributed by atoms with Crippen LogP contribution < -0.4 is 5.32 Å². The lowest BCUT2D eigenvalue weighted by Gasteiger charge is -2.38. The number of aromatic nitrogens is 2. The highest BCUT2D eigenvalue weighted by atomic mass is 16.2. The summed E-state index contributed by atoms with van der Waals surface area (Å²) < 4.78 is 1.81. The first-order chi connectivity index (χ1) is 10.1. The predicted molar refractivity (Wildman–Crippen MR) is 79.5 cm³/mol. The van der Waals surface area contributed by atoms with E-state index in [0.717, 1.165) is 12.1 Å².